The molecule has 1 aliphatic rings. The standard InChI is InChI=1S/C12H15N/c1-4-10-5-6-12-11(7-10)9(2)8-13(12)3/h4-7,9H,1,8H2,2-3H3. The van der Waals surface area contributed by atoms with E-state index < -0.39 is 0 Å². The van der Waals surface area contributed by atoms with Crippen LogP contribution in [-0.2, 0) is 0 Å². The van der Waals surface area contributed by atoms with Crippen LogP contribution in [0.4, 0.5) is 5.69 Å². The van der Waals surface area contributed by atoms with Gasteiger partial charge in [0.25, 0.3) is 0 Å². The normalized spacial score (nSPS) is 20.2. The molecule has 2 rings (SSSR count). The maximum Gasteiger partial charge on any atom is 0.0400 e. The second kappa shape index (κ2) is 2.91. The van der Waals surface area contributed by atoms with Gasteiger partial charge in [-0.25, -0.2) is 0 Å². The van der Waals surface area contributed by atoms with Gasteiger partial charge in [-0.15, -0.1) is 0 Å². The fraction of sp³-hybridized carbons (Fsp3) is 0.333. The highest BCUT2D eigenvalue weighted by Gasteiger charge is 2.22. The lowest BCUT2D eigenvalue weighted by Crippen LogP contribution is -2.13. The van der Waals surface area contributed by atoms with E-state index >= 15 is 0 Å². The van der Waals surface area contributed by atoms with Crippen LogP contribution in [0.3, 0.4) is 0 Å². The molecule has 1 atom stereocenters. The van der Waals surface area contributed by atoms with Crippen LogP contribution >= 0.6 is 0 Å². The molecule has 0 aliphatic carbocycles. The Labute approximate surface area is 79.7 Å². The van der Waals surface area contributed by atoms with Gasteiger partial charge in [0.05, 0.1) is 0 Å². The molecule has 1 heteroatoms. The van der Waals surface area contributed by atoms with Crippen molar-refractivity contribution in [3.63, 3.8) is 0 Å². The fourth-order valence-corrected chi connectivity index (χ4v) is 2.05. The van der Waals surface area contributed by atoms with Crippen molar-refractivity contribution in [3.8, 4) is 0 Å². The molecule has 0 aromatic heterocycles. The highest BCUT2D eigenvalue weighted by atomic mass is 15.1. The van der Waals surface area contributed by atoms with E-state index in [2.05, 4.69) is 43.6 Å². The van der Waals surface area contributed by atoms with Crippen molar-refractivity contribution in [2.24, 2.45) is 0 Å². The molecule has 0 saturated carbocycles. The summed E-state index contributed by atoms with van der Waals surface area (Å²) in [4.78, 5) is 2.31. The third kappa shape index (κ3) is 1.24. The van der Waals surface area contributed by atoms with E-state index in [-0.39, 0.29) is 0 Å². The monoisotopic (exact) mass is 173 g/mol. The van der Waals surface area contributed by atoms with Crippen molar-refractivity contribution >= 4 is 11.8 Å². The number of likely N-dealkylation sites (N-methyl/N-ethyl adjacent to an activating group) is 1. The van der Waals surface area contributed by atoms with Gasteiger partial charge in [0.1, 0.15) is 0 Å². The number of rotatable bonds is 1. The Kier molecular flexibility index (Phi) is 1.87. The third-order valence-corrected chi connectivity index (χ3v) is 2.78. The Balaban J connectivity index is 2.51. The molecule has 0 N–H and O–H groups in total. The minimum absolute atomic E-state index is 0.653. The summed E-state index contributed by atoms with van der Waals surface area (Å²) < 4.78 is 0. The molecule has 68 valence electrons. The first kappa shape index (κ1) is 8.36. The smallest absolute Gasteiger partial charge is 0.0400 e. The Morgan fingerprint density at radius 2 is 2.31 bits per heavy atom. The highest BCUT2D eigenvalue weighted by molar-refractivity contribution is 5.64. The second-order valence-corrected chi connectivity index (χ2v) is 3.80. The van der Waals surface area contributed by atoms with Gasteiger partial charge in [0.15, 0.2) is 0 Å². The summed E-state index contributed by atoms with van der Waals surface area (Å²) in [6.07, 6.45) is 1.91. The van der Waals surface area contributed by atoms with Crippen LogP contribution in [0.1, 0.15) is 24.0 Å². The summed E-state index contributed by atoms with van der Waals surface area (Å²) in [5, 5.41) is 0. The topological polar surface area (TPSA) is 3.24 Å². The molecule has 1 nitrogen and oxygen atoms in total. The number of benzene rings is 1. The van der Waals surface area contributed by atoms with E-state index in [9.17, 15) is 0 Å². The number of hydrogen-bond acceptors (Lipinski definition) is 1. The fourth-order valence-electron chi connectivity index (χ4n) is 2.05. The van der Waals surface area contributed by atoms with E-state index in [4.69, 9.17) is 0 Å². The first-order valence-corrected chi connectivity index (χ1v) is 4.70. The lowest BCUT2D eigenvalue weighted by atomic mass is 10.0. The van der Waals surface area contributed by atoms with Gasteiger partial charge in [-0.3, -0.25) is 0 Å². The van der Waals surface area contributed by atoms with Crippen molar-refractivity contribution in [2.45, 2.75) is 12.8 Å². The molecular formula is C12H15N. The van der Waals surface area contributed by atoms with E-state index in [0.29, 0.717) is 5.92 Å². The Morgan fingerprint density at radius 3 is 3.00 bits per heavy atom. The molecule has 1 aromatic carbocycles. The summed E-state index contributed by atoms with van der Waals surface area (Å²) in [6.45, 7) is 7.19. The zero-order valence-corrected chi connectivity index (χ0v) is 8.25. The predicted octanol–water partition coefficient (Wildman–Crippen LogP) is 2.88. The van der Waals surface area contributed by atoms with Crippen LogP contribution in [-0.4, -0.2) is 13.6 Å². The molecular weight excluding hydrogens is 158 g/mol. The van der Waals surface area contributed by atoms with Crippen LogP contribution in [0.25, 0.3) is 6.08 Å². The van der Waals surface area contributed by atoms with Crippen molar-refractivity contribution in [1.82, 2.24) is 0 Å². The average molecular weight is 173 g/mol. The van der Waals surface area contributed by atoms with Gasteiger partial charge in [-0.05, 0) is 23.3 Å². The average Bonchev–Trinajstić information content (AvgIpc) is 2.42. The summed E-state index contributed by atoms with van der Waals surface area (Å²) in [5.74, 6) is 0.653. The molecule has 1 aromatic rings. The Hall–Kier alpha value is -1.24. The SMILES string of the molecule is C=Cc1ccc2c(c1)C(C)CN2C. The quantitative estimate of drug-likeness (QED) is 0.631. The minimum Gasteiger partial charge on any atom is -0.374 e. The molecule has 0 amide bonds. The van der Waals surface area contributed by atoms with Gasteiger partial charge in [0.2, 0.25) is 0 Å². The lowest BCUT2D eigenvalue weighted by molar-refractivity contribution is 0.796. The van der Waals surface area contributed by atoms with Gasteiger partial charge < -0.3 is 4.90 Å². The highest BCUT2D eigenvalue weighted by Crippen LogP contribution is 2.35. The molecule has 1 heterocycles. The molecule has 0 bridgehead atoms. The molecule has 0 radical (unpaired) electrons. The van der Waals surface area contributed by atoms with E-state index in [1.54, 1.807) is 0 Å². The van der Waals surface area contributed by atoms with E-state index in [0.717, 1.165) is 6.54 Å². The Morgan fingerprint density at radius 1 is 1.54 bits per heavy atom. The maximum atomic E-state index is 3.79. The summed E-state index contributed by atoms with van der Waals surface area (Å²) >= 11 is 0. The second-order valence-electron chi connectivity index (χ2n) is 3.80. The molecule has 13 heavy (non-hydrogen) atoms. The van der Waals surface area contributed by atoms with Crippen LogP contribution in [0.5, 0.6) is 0 Å². The van der Waals surface area contributed by atoms with Crippen molar-refractivity contribution in [1.29, 1.82) is 0 Å². The number of nitrogens with zero attached hydrogens (tertiary/aromatic N) is 1. The van der Waals surface area contributed by atoms with Crippen molar-refractivity contribution < 1.29 is 0 Å². The largest absolute Gasteiger partial charge is 0.374 e. The number of anilines is 1. The molecule has 1 aliphatic heterocycles. The van der Waals surface area contributed by atoms with Crippen molar-refractivity contribution in [3.05, 3.63) is 35.9 Å². The van der Waals surface area contributed by atoms with E-state index in [1.807, 2.05) is 6.08 Å². The molecule has 0 fully saturated rings. The summed E-state index contributed by atoms with van der Waals surface area (Å²) in [7, 11) is 2.15. The number of hydrogen-bond donors (Lipinski definition) is 0. The van der Waals surface area contributed by atoms with Gasteiger partial charge >= 0.3 is 0 Å². The number of fused-ring (bicyclic) bond motifs is 1. The van der Waals surface area contributed by atoms with Crippen LogP contribution in [0.2, 0.25) is 0 Å². The molecule has 1 unspecified atom stereocenters. The molecule has 0 spiro atoms. The lowest BCUT2D eigenvalue weighted by Gasteiger charge is -2.11. The zero-order chi connectivity index (χ0) is 9.42. The molecule has 0 saturated heterocycles. The van der Waals surface area contributed by atoms with Crippen LogP contribution in [0.15, 0.2) is 24.8 Å². The maximum absolute atomic E-state index is 3.79. The van der Waals surface area contributed by atoms with Crippen molar-refractivity contribution in [2.75, 3.05) is 18.5 Å². The van der Waals surface area contributed by atoms with Gasteiger partial charge in [-0.2, -0.15) is 0 Å². The van der Waals surface area contributed by atoms with Gasteiger partial charge in [-0.1, -0.05) is 25.6 Å². The third-order valence-electron chi connectivity index (χ3n) is 2.78. The van der Waals surface area contributed by atoms with Crippen LogP contribution < -0.4 is 4.90 Å². The van der Waals surface area contributed by atoms with Gasteiger partial charge in [0, 0.05) is 25.2 Å². The summed E-state index contributed by atoms with van der Waals surface area (Å²) in [6, 6.07) is 6.56. The first-order valence-electron chi connectivity index (χ1n) is 4.70. The zero-order valence-electron chi connectivity index (χ0n) is 8.25. The first-order chi connectivity index (χ1) is 6.22. The minimum atomic E-state index is 0.653. The predicted molar refractivity (Wildman–Crippen MR) is 58.2 cm³/mol. The Bertz CT molecular complexity index is 341. The van der Waals surface area contributed by atoms with E-state index in [1.165, 1.54) is 16.8 Å². The van der Waals surface area contributed by atoms with Crippen LogP contribution in [0, 0.1) is 0 Å². The summed E-state index contributed by atoms with van der Waals surface area (Å²) in [5.41, 5.74) is 4.05.